The molecule has 2 aromatic rings. The molecule has 0 amide bonds. The van der Waals surface area contributed by atoms with Gasteiger partial charge in [-0.2, -0.15) is 0 Å². The first-order valence-corrected chi connectivity index (χ1v) is 7.45. The Kier molecular flexibility index (Phi) is 5.20. The van der Waals surface area contributed by atoms with Gasteiger partial charge in [0.05, 0.1) is 12.3 Å². The Balaban J connectivity index is 1.97. The lowest BCUT2D eigenvalue weighted by atomic mass is 10.1. The number of nitrogens with one attached hydrogen (secondary N) is 1. The van der Waals surface area contributed by atoms with Crippen LogP contribution in [0.4, 0.5) is 5.69 Å². The Hall–Kier alpha value is -2.03. The Labute approximate surface area is 127 Å². The summed E-state index contributed by atoms with van der Waals surface area (Å²) in [6.07, 6.45) is 3.71. The van der Waals surface area contributed by atoms with Gasteiger partial charge in [0.15, 0.2) is 0 Å². The molecule has 1 unspecified atom stereocenters. The van der Waals surface area contributed by atoms with Crippen LogP contribution in [-0.2, 0) is 0 Å². The highest BCUT2D eigenvalue weighted by molar-refractivity contribution is 5.45. The van der Waals surface area contributed by atoms with Gasteiger partial charge < -0.3 is 10.1 Å². The van der Waals surface area contributed by atoms with Crippen LogP contribution in [0.3, 0.4) is 0 Å². The highest BCUT2D eigenvalue weighted by Crippen LogP contribution is 2.22. The molecule has 0 radical (unpaired) electrons. The topological polar surface area (TPSA) is 34.2 Å². The molecule has 1 heterocycles. The maximum absolute atomic E-state index is 5.71. The van der Waals surface area contributed by atoms with Crippen LogP contribution in [0, 0.1) is 12.8 Å². The second-order valence-corrected chi connectivity index (χ2v) is 5.89. The van der Waals surface area contributed by atoms with E-state index in [9.17, 15) is 0 Å². The van der Waals surface area contributed by atoms with Gasteiger partial charge in [0.2, 0.25) is 0 Å². The van der Waals surface area contributed by atoms with Gasteiger partial charge in [-0.15, -0.1) is 0 Å². The number of aromatic nitrogens is 1. The fourth-order valence-electron chi connectivity index (χ4n) is 2.08. The van der Waals surface area contributed by atoms with Crippen molar-refractivity contribution in [1.82, 2.24) is 4.98 Å². The lowest BCUT2D eigenvalue weighted by Gasteiger charge is -2.16. The predicted octanol–water partition coefficient (Wildman–Crippen LogP) is 4.60. The van der Waals surface area contributed by atoms with Gasteiger partial charge in [0, 0.05) is 18.4 Å². The molecule has 21 heavy (non-hydrogen) atoms. The first-order chi connectivity index (χ1) is 10.0. The average Bonchev–Trinajstić information content (AvgIpc) is 2.45. The summed E-state index contributed by atoms with van der Waals surface area (Å²) in [5.74, 6) is 1.47. The fraction of sp³-hybridized carbons (Fsp3) is 0.389. The van der Waals surface area contributed by atoms with E-state index in [1.54, 1.807) is 0 Å². The number of anilines is 1. The van der Waals surface area contributed by atoms with Crippen LogP contribution >= 0.6 is 0 Å². The van der Waals surface area contributed by atoms with Crippen molar-refractivity contribution >= 4 is 5.69 Å². The molecule has 0 saturated heterocycles. The lowest BCUT2D eigenvalue weighted by Crippen LogP contribution is -2.07. The van der Waals surface area contributed by atoms with Crippen molar-refractivity contribution in [2.75, 3.05) is 11.9 Å². The van der Waals surface area contributed by atoms with E-state index in [1.165, 1.54) is 5.56 Å². The van der Waals surface area contributed by atoms with Gasteiger partial charge in [-0.1, -0.05) is 26.0 Å². The molecule has 0 fully saturated rings. The molecular weight excluding hydrogens is 260 g/mol. The van der Waals surface area contributed by atoms with Gasteiger partial charge in [-0.05, 0) is 49.1 Å². The molecular formula is C18H24N2O. The number of hydrogen-bond acceptors (Lipinski definition) is 3. The zero-order valence-electron chi connectivity index (χ0n) is 13.3. The average molecular weight is 284 g/mol. The van der Waals surface area contributed by atoms with Crippen LogP contribution in [-0.4, -0.2) is 11.6 Å². The maximum atomic E-state index is 5.71. The number of pyridine rings is 1. The SMILES string of the molecule is Cc1cncc(NC(C)c2ccc(OCC(C)C)cc2)c1. The Morgan fingerprint density at radius 3 is 2.43 bits per heavy atom. The molecule has 0 aliphatic heterocycles. The van der Waals surface area contributed by atoms with Gasteiger partial charge in [0.1, 0.15) is 5.75 Å². The van der Waals surface area contributed by atoms with E-state index in [-0.39, 0.29) is 6.04 Å². The number of rotatable bonds is 6. The highest BCUT2D eigenvalue weighted by Gasteiger charge is 2.06. The van der Waals surface area contributed by atoms with Crippen LogP contribution in [0.1, 0.15) is 37.9 Å². The zero-order valence-corrected chi connectivity index (χ0v) is 13.3. The maximum Gasteiger partial charge on any atom is 0.119 e. The number of ether oxygens (including phenoxy) is 1. The second kappa shape index (κ2) is 7.11. The second-order valence-electron chi connectivity index (χ2n) is 5.89. The largest absolute Gasteiger partial charge is 0.493 e. The minimum Gasteiger partial charge on any atom is -0.493 e. The van der Waals surface area contributed by atoms with E-state index in [2.05, 4.69) is 49.3 Å². The minimum absolute atomic E-state index is 0.229. The van der Waals surface area contributed by atoms with Crippen molar-refractivity contribution < 1.29 is 4.74 Å². The number of nitrogens with zero attached hydrogens (tertiary/aromatic N) is 1. The third kappa shape index (κ3) is 4.78. The summed E-state index contributed by atoms with van der Waals surface area (Å²) < 4.78 is 5.71. The van der Waals surface area contributed by atoms with Crippen molar-refractivity contribution in [2.24, 2.45) is 5.92 Å². The molecule has 3 nitrogen and oxygen atoms in total. The highest BCUT2D eigenvalue weighted by atomic mass is 16.5. The normalized spacial score (nSPS) is 12.2. The number of hydrogen-bond donors (Lipinski definition) is 1. The van der Waals surface area contributed by atoms with Gasteiger partial charge in [0.25, 0.3) is 0 Å². The van der Waals surface area contributed by atoms with E-state index in [4.69, 9.17) is 4.74 Å². The van der Waals surface area contributed by atoms with Gasteiger partial charge in [-0.25, -0.2) is 0 Å². The molecule has 1 N–H and O–H groups in total. The van der Waals surface area contributed by atoms with Crippen molar-refractivity contribution in [3.8, 4) is 5.75 Å². The van der Waals surface area contributed by atoms with Crippen molar-refractivity contribution in [3.63, 3.8) is 0 Å². The summed E-state index contributed by atoms with van der Waals surface area (Å²) in [4.78, 5) is 4.20. The fourth-order valence-corrected chi connectivity index (χ4v) is 2.08. The van der Waals surface area contributed by atoms with Crippen LogP contribution in [0.5, 0.6) is 5.75 Å². The third-order valence-electron chi connectivity index (χ3n) is 3.22. The van der Waals surface area contributed by atoms with E-state index in [0.29, 0.717) is 5.92 Å². The molecule has 0 spiro atoms. The molecule has 0 bridgehead atoms. The Bertz CT molecular complexity index is 564. The van der Waals surface area contributed by atoms with E-state index in [0.717, 1.165) is 23.6 Å². The molecule has 0 aliphatic rings. The van der Waals surface area contributed by atoms with Crippen molar-refractivity contribution in [3.05, 3.63) is 53.9 Å². The van der Waals surface area contributed by atoms with Gasteiger partial charge in [-0.3, -0.25) is 4.98 Å². The van der Waals surface area contributed by atoms with E-state index >= 15 is 0 Å². The van der Waals surface area contributed by atoms with Crippen LogP contribution < -0.4 is 10.1 Å². The minimum atomic E-state index is 0.229. The molecule has 1 aromatic heterocycles. The number of benzene rings is 1. The molecule has 3 heteroatoms. The van der Waals surface area contributed by atoms with E-state index < -0.39 is 0 Å². The molecule has 0 saturated carbocycles. The molecule has 2 rings (SSSR count). The van der Waals surface area contributed by atoms with E-state index in [1.807, 2.05) is 31.5 Å². The predicted molar refractivity (Wildman–Crippen MR) is 87.8 cm³/mol. The Morgan fingerprint density at radius 1 is 1.10 bits per heavy atom. The van der Waals surface area contributed by atoms with Gasteiger partial charge >= 0.3 is 0 Å². The summed E-state index contributed by atoms with van der Waals surface area (Å²) in [5, 5.41) is 3.47. The van der Waals surface area contributed by atoms with Crippen LogP contribution in [0.25, 0.3) is 0 Å². The Morgan fingerprint density at radius 2 is 1.81 bits per heavy atom. The summed E-state index contributed by atoms with van der Waals surface area (Å²) >= 11 is 0. The monoisotopic (exact) mass is 284 g/mol. The smallest absolute Gasteiger partial charge is 0.119 e. The molecule has 1 atom stereocenters. The van der Waals surface area contributed by atoms with Crippen molar-refractivity contribution in [2.45, 2.75) is 33.7 Å². The molecule has 1 aromatic carbocycles. The summed E-state index contributed by atoms with van der Waals surface area (Å²) in [6.45, 7) is 9.24. The summed E-state index contributed by atoms with van der Waals surface area (Å²) in [6, 6.07) is 10.6. The standard InChI is InChI=1S/C18H24N2O/c1-13(2)12-21-18-7-5-16(6-8-18)15(4)20-17-9-14(3)10-19-11-17/h5-11,13,15,20H,12H2,1-4H3. The quantitative estimate of drug-likeness (QED) is 0.842. The van der Waals surface area contributed by atoms with Crippen LogP contribution in [0.2, 0.25) is 0 Å². The summed E-state index contributed by atoms with van der Waals surface area (Å²) in [5.41, 5.74) is 3.43. The number of aryl methyl sites for hydroxylation is 1. The van der Waals surface area contributed by atoms with Crippen LogP contribution in [0.15, 0.2) is 42.7 Å². The third-order valence-corrected chi connectivity index (χ3v) is 3.22. The first-order valence-electron chi connectivity index (χ1n) is 7.45. The first kappa shape index (κ1) is 15.4. The van der Waals surface area contributed by atoms with Crippen molar-refractivity contribution in [1.29, 1.82) is 0 Å². The molecule has 112 valence electrons. The lowest BCUT2D eigenvalue weighted by molar-refractivity contribution is 0.271. The molecule has 0 aliphatic carbocycles. The summed E-state index contributed by atoms with van der Waals surface area (Å²) in [7, 11) is 0. The zero-order chi connectivity index (χ0) is 15.2.